The van der Waals surface area contributed by atoms with Crippen LogP contribution in [0.4, 0.5) is 14.5 Å². The lowest BCUT2D eigenvalue weighted by Crippen LogP contribution is -2.09. The van der Waals surface area contributed by atoms with Crippen molar-refractivity contribution < 1.29 is 23.4 Å². The zero-order valence-electron chi connectivity index (χ0n) is 8.41. The van der Waals surface area contributed by atoms with Gasteiger partial charge in [0.25, 0.3) is 6.43 Å². The van der Waals surface area contributed by atoms with E-state index in [1.54, 1.807) is 0 Å². The van der Waals surface area contributed by atoms with Crippen LogP contribution >= 0.6 is 0 Å². The molecule has 0 amide bonds. The van der Waals surface area contributed by atoms with Gasteiger partial charge in [-0.25, -0.2) is 13.8 Å². The molecule has 1 aromatic rings. The Hall–Kier alpha value is -1.92. The minimum absolute atomic E-state index is 0.0344. The topological polar surface area (TPSA) is 85.4 Å². The minimum atomic E-state index is -2.80. The van der Waals surface area contributed by atoms with Crippen molar-refractivity contribution in [2.45, 2.75) is 12.8 Å². The highest BCUT2D eigenvalue weighted by molar-refractivity contribution is 5.75. The molecule has 0 aliphatic carbocycles. The van der Waals surface area contributed by atoms with Gasteiger partial charge in [0.05, 0.1) is 24.8 Å². The van der Waals surface area contributed by atoms with Gasteiger partial charge in [0.1, 0.15) is 0 Å². The number of nitrogen functional groups attached to an aromatic ring is 1. The monoisotopic (exact) mass is 232 g/mol. The zero-order chi connectivity index (χ0) is 12.3. The van der Waals surface area contributed by atoms with Gasteiger partial charge in [-0.3, -0.25) is 4.79 Å². The Morgan fingerprint density at radius 3 is 2.75 bits per heavy atom. The average Bonchev–Trinajstić information content (AvgIpc) is 2.19. The number of halogens is 2. The summed E-state index contributed by atoms with van der Waals surface area (Å²) in [6, 6.07) is 0. The molecule has 3 N–H and O–H groups in total. The highest BCUT2D eigenvalue weighted by atomic mass is 19.3. The molecule has 0 radical (unpaired) electrons. The molecule has 1 heterocycles. The Balaban J connectivity index is 3.28. The highest BCUT2D eigenvalue weighted by Crippen LogP contribution is 2.31. The Labute approximate surface area is 89.9 Å². The van der Waals surface area contributed by atoms with E-state index in [1.165, 1.54) is 7.11 Å². The summed E-state index contributed by atoms with van der Waals surface area (Å²) in [5, 5.41) is 8.61. The molecule has 0 saturated heterocycles. The number of rotatable bonds is 4. The molecule has 1 aromatic heterocycles. The molecule has 0 bridgehead atoms. The number of pyridine rings is 1. The van der Waals surface area contributed by atoms with E-state index in [-0.39, 0.29) is 17.1 Å². The lowest BCUT2D eigenvalue weighted by molar-refractivity contribution is -0.136. The number of carboxylic acids is 1. The maximum atomic E-state index is 12.5. The molecule has 88 valence electrons. The molecular formula is C9H10F2N2O3. The summed E-state index contributed by atoms with van der Waals surface area (Å²) in [5.41, 5.74) is 4.63. The van der Waals surface area contributed by atoms with Crippen molar-refractivity contribution in [3.63, 3.8) is 0 Å². The molecule has 0 atom stereocenters. The number of carbonyl (C=O) groups is 1. The number of nitrogens with zero attached hydrogens (tertiary/aromatic N) is 1. The van der Waals surface area contributed by atoms with Gasteiger partial charge in [0.2, 0.25) is 5.88 Å². The summed E-state index contributed by atoms with van der Waals surface area (Å²) in [6.07, 6.45) is -2.43. The van der Waals surface area contributed by atoms with E-state index in [4.69, 9.17) is 15.6 Å². The molecular weight excluding hydrogens is 222 g/mol. The third-order valence-corrected chi connectivity index (χ3v) is 1.97. The molecule has 7 heteroatoms. The minimum Gasteiger partial charge on any atom is -0.481 e. The second-order valence-electron chi connectivity index (χ2n) is 2.99. The third-order valence-electron chi connectivity index (χ3n) is 1.97. The number of methoxy groups -OCH3 is 1. The number of alkyl halides is 2. The van der Waals surface area contributed by atoms with E-state index in [2.05, 4.69) is 4.98 Å². The van der Waals surface area contributed by atoms with Crippen molar-refractivity contribution in [1.82, 2.24) is 4.98 Å². The van der Waals surface area contributed by atoms with Gasteiger partial charge in [0, 0.05) is 11.8 Å². The largest absolute Gasteiger partial charge is 0.481 e. The molecule has 0 unspecified atom stereocenters. The molecule has 0 saturated carbocycles. The average molecular weight is 232 g/mol. The molecule has 0 aromatic carbocycles. The zero-order valence-corrected chi connectivity index (χ0v) is 8.41. The van der Waals surface area contributed by atoms with Crippen molar-refractivity contribution in [3.8, 4) is 5.88 Å². The summed E-state index contributed by atoms with van der Waals surface area (Å²) in [6.45, 7) is 0. The Morgan fingerprint density at radius 2 is 2.31 bits per heavy atom. The lowest BCUT2D eigenvalue weighted by atomic mass is 10.1. The van der Waals surface area contributed by atoms with Gasteiger partial charge in [-0.15, -0.1) is 0 Å². The van der Waals surface area contributed by atoms with Crippen LogP contribution in [0.1, 0.15) is 17.6 Å². The van der Waals surface area contributed by atoms with Crippen molar-refractivity contribution in [1.29, 1.82) is 0 Å². The number of aliphatic carboxylic acids is 1. The number of carboxylic acid groups (broad SMARTS) is 1. The summed E-state index contributed by atoms with van der Waals surface area (Å²) < 4.78 is 29.7. The fourth-order valence-corrected chi connectivity index (χ4v) is 1.24. The van der Waals surface area contributed by atoms with Crippen LogP contribution in [0.5, 0.6) is 5.88 Å². The predicted octanol–water partition coefficient (Wildman–Crippen LogP) is 1.24. The molecule has 5 nitrogen and oxygen atoms in total. The van der Waals surface area contributed by atoms with Crippen LogP contribution in [0.25, 0.3) is 0 Å². The van der Waals surface area contributed by atoms with E-state index in [1.807, 2.05) is 0 Å². The van der Waals surface area contributed by atoms with Crippen LogP contribution in [0.2, 0.25) is 0 Å². The second kappa shape index (κ2) is 4.73. The first kappa shape index (κ1) is 12.2. The van der Waals surface area contributed by atoms with E-state index in [0.29, 0.717) is 0 Å². The number of anilines is 1. The normalized spacial score (nSPS) is 10.5. The number of hydrogen-bond donors (Lipinski definition) is 2. The van der Waals surface area contributed by atoms with E-state index in [0.717, 1.165) is 6.20 Å². The summed E-state index contributed by atoms with van der Waals surface area (Å²) in [7, 11) is 1.26. The maximum absolute atomic E-state index is 12.5. The van der Waals surface area contributed by atoms with Crippen LogP contribution in [0.3, 0.4) is 0 Å². The smallest absolute Gasteiger partial charge is 0.308 e. The van der Waals surface area contributed by atoms with E-state index >= 15 is 0 Å². The molecule has 16 heavy (non-hydrogen) atoms. The second-order valence-corrected chi connectivity index (χ2v) is 2.99. The predicted molar refractivity (Wildman–Crippen MR) is 51.5 cm³/mol. The fourth-order valence-electron chi connectivity index (χ4n) is 1.24. The summed E-state index contributed by atoms with van der Waals surface area (Å²) in [5.74, 6) is -1.25. The first-order valence-electron chi connectivity index (χ1n) is 4.28. The van der Waals surface area contributed by atoms with Crippen molar-refractivity contribution >= 4 is 11.7 Å². The third kappa shape index (κ3) is 2.36. The van der Waals surface area contributed by atoms with Gasteiger partial charge in [-0.05, 0) is 0 Å². The fraction of sp³-hybridized carbons (Fsp3) is 0.333. The molecule has 0 spiro atoms. The first-order valence-corrected chi connectivity index (χ1v) is 4.28. The Kier molecular flexibility index (Phi) is 3.60. The quantitative estimate of drug-likeness (QED) is 0.815. The standard InChI is InChI=1S/C9H10F2N2O3/c1-16-9-4(2-6(14)15)7(12)5(3-13-9)8(10)11/h3,8H,2H2,1H3,(H2,12,13)(H,14,15). The van der Waals surface area contributed by atoms with Gasteiger partial charge in [-0.1, -0.05) is 0 Å². The van der Waals surface area contributed by atoms with Gasteiger partial charge in [-0.2, -0.15) is 0 Å². The van der Waals surface area contributed by atoms with E-state index in [9.17, 15) is 13.6 Å². The van der Waals surface area contributed by atoms with Crippen molar-refractivity contribution in [2.24, 2.45) is 0 Å². The van der Waals surface area contributed by atoms with Gasteiger partial charge in [0.15, 0.2) is 0 Å². The maximum Gasteiger partial charge on any atom is 0.308 e. The van der Waals surface area contributed by atoms with Crippen molar-refractivity contribution in [2.75, 3.05) is 12.8 Å². The number of nitrogens with two attached hydrogens (primary N) is 1. The van der Waals surface area contributed by atoms with Crippen LogP contribution in [-0.4, -0.2) is 23.2 Å². The number of hydrogen-bond acceptors (Lipinski definition) is 4. The van der Waals surface area contributed by atoms with Crippen LogP contribution in [0.15, 0.2) is 6.20 Å². The molecule has 1 rings (SSSR count). The summed E-state index contributed by atoms with van der Waals surface area (Å²) >= 11 is 0. The van der Waals surface area contributed by atoms with Gasteiger partial charge < -0.3 is 15.6 Å². The number of aromatic nitrogens is 1. The Morgan fingerprint density at radius 1 is 1.69 bits per heavy atom. The van der Waals surface area contributed by atoms with E-state index < -0.39 is 24.4 Å². The van der Waals surface area contributed by atoms with Crippen LogP contribution in [-0.2, 0) is 11.2 Å². The van der Waals surface area contributed by atoms with Crippen LogP contribution < -0.4 is 10.5 Å². The molecule has 0 fully saturated rings. The Bertz CT molecular complexity index is 410. The molecule has 0 aliphatic rings. The van der Waals surface area contributed by atoms with Crippen molar-refractivity contribution in [3.05, 3.63) is 17.3 Å². The highest BCUT2D eigenvalue weighted by Gasteiger charge is 2.20. The SMILES string of the molecule is COc1ncc(C(F)F)c(N)c1CC(=O)O. The summed E-state index contributed by atoms with van der Waals surface area (Å²) in [4.78, 5) is 14.1. The number of ether oxygens (including phenoxy) is 1. The van der Waals surface area contributed by atoms with Crippen LogP contribution in [0, 0.1) is 0 Å². The van der Waals surface area contributed by atoms with Gasteiger partial charge >= 0.3 is 5.97 Å². The molecule has 0 aliphatic heterocycles. The lowest BCUT2D eigenvalue weighted by Gasteiger charge is -2.12. The first-order chi connectivity index (χ1) is 7.47.